The van der Waals surface area contributed by atoms with Crippen LogP contribution in [0.15, 0.2) is 24.3 Å². The largest absolute Gasteiger partial charge is 0.478 e. The predicted octanol–water partition coefficient (Wildman–Crippen LogP) is 1.84. The second-order valence-corrected chi connectivity index (χ2v) is 4.94. The van der Waals surface area contributed by atoms with E-state index < -0.39 is 0 Å². The smallest absolute Gasteiger partial charge is 0.174 e. The summed E-state index contributed by atoms with van der Waals surface area (Å²) in [6.45, 7) is 1.59. The summed E-state index contributed by atoms with van der Waals surface area (Å²) in [4.78, 5) is 0. The SMILES string of the molecule is N#CCOc1ccccc1CNCC1CCCC1O. The molecule has 1 aliphatic rings. The first-order chi connectivity index (χ1) is 9.31. The minimum Gasteiger partial charge on any atom is -0.478 e. The van der Waals surface area contributed by atoms with E-state index in [9.17, 15) is 5.11 Å². The average molecular weight is 260 g/mol. The highest BCUT2D eigenvalue weighted by Gasteiger charge is 2.24. The lowest BCUT2D eigenvalue weighted by Crippen LogP contribution is -2.27. The third-order valence-corrected chi connectivity index (χ3v) is 3.61. The Morgan fingerprint density at radius 3 is 2.95 bits per heavy atom. The molecule has 0 amide bonds. The predicted molar refractivity (Wildman–Crippen MR) is 72.6 cm³/mol. The molecule has 1 saturated carbocycles. The van der Waals surface area contributed by atoms with Crippen molar-refractivity contribution < 1.29 is 9.84 Å². The molecule has 2 unspecified atom stereocenters. The molecule has 1 fully saturated rings. The first kappa shape index (κ1) is 13.9. The molecule has 0 aliphatic heterocycles. The summed E-state index contributed by atoms with van der Waals surface area (Å²) < 4.78 is 5.38. The summed E-state index contributed by atoms with van der Waals surface area (Å²) in [5, 5.41) is 21.7. The summed E-state index contributed by atoms with van der Waals surface area (Å²) in [6.07, 6.45) is 2.99. The lowest BCUT2D eigenvalue weighted by atomic mass is 10.1. The van der Waals surface area contributed by atoms with Gasteiger partial charge in [-0.15, -0.1) is 0 Å². The summed E-state index contributed by atoms with van der Waals surface area (Å²) >= 11 is 0. The van der Waals surface area contributed by atoms with E-state index >= 15 is 0 Å². The van der Waals surface area contributed by atoms with Crippen molar-refractivity contribution in [3.8, 4) is 11.8 Å². The molecule has 4 nitrogen and oxygen atoms in total. The standard InChI is InChI=1S/C15H20N2O2/c16-8-9-19-15-7-2-1-4-13(15)11-17-10-12-5-3-6-14(12)18/h1-2,4,7,12,14,17-18H,3,5-6,9-11H2. The summed E-state index contributed by atoms with van der Waals surface area (Å²) in [5.74, 6) is 1.12. The monoisotopic (exact) mass is 260 g/mol. The van der Waals surface area contributed by atoms with Gasteiger partial charge in [0.1, 0.15) is 11.8 Å². The Balaban J connectivity index is 1.83. The minimum absolute atomic E-state index is 0.0678. The number of hydrogen-bond donors (Lipinski definition) is 2. The quantitative estimate of drug-likeness (QED) is 0.819. The molecular weight excluding hydrogens is 240 g/mol. The Kier molecular flexibility index (Phi) is 5.20. The van der Waals surface area contributed by atoms with Gasteiger partial charge < -0.3 is 15.2 Å². The van der Waals surface area contributed by atoms with E-state index in [2.05, 4.69) is 5.32 Å². The Hall–Kier alpha value is -1.57. The van der Waals surface area contributed by atoms with Crippen LogP contribution in [-0.2, 0) is 6.54 Å². The maximum absolute atomic E-state index is 9.76. The van der Waals surface area contributed by atoms with E-state index in [0.29, 0.717) is 12.5 Å². The van der Waals surface area contributed by atoms with Crippen molar-refractivity contribution in [3.63, 3.8) is 0 Å². The second kappa shape index (κ2) is 7.13. The van der Waals surface area contributed by atoms with Gasteiger partial charge in [0.2, 0.25) is 0 Å². The molecule has 0 aromatic heterocycles. The molecule has 19 heavy (non-hydrogen) atoms. The van der Waals surface area contributed by atoms with Crippen molar-refractivity contribution in [1.29, 1.82) is 5.26 Å². The first-order valence-corrected chi connectivity index (χ1v) is 6.77. The molecule has 0 spiro atoms. The number of nitriles is 1. The summed E-state index contributed by atoms with van der Waals surface area (Å²) in [7, 11) is 0. The molecule has 2 atom stereocenters. The van der Waals surface area contributed by atoms with Crippen molar-refractivity contribution >= 4 is 0 Å². The van der Waals surface area contributed by atoms with Crippen LogP contribution in [0.2, 0.25) is 0 Å². The third kappa shape index (κ3) is 3.95. The number of aliphatic hydroxyl groups excluding tert-OH is 1. The molecular formula is C15H20N2O2. The van der Waals surface area contributed by atoms with Gasteiger partial charge in [-0.05, 0) is 24.8 Å². The van der Waals surface area contributed by atoms with E-state index in [0.717, 1.165) is 37.1 Å². The molecule has 102 valence electrons. The molecule has 4 heteroatoms. The zero-order valence-corrected chi connectivity index (χ0v) is 11.0. The van der Waals surface area contributed by atoms with Gasteiger partial charge in [-0.2, -0.15) is 5.26 Å². The Morgan fingerprint density at radius 2 is 2.21 bits per heavy atom. The van der Waals surface area contributed by atoms with Crippen LogP contribution in [0.25, 0.3) is 0 Å². The van der Waals surface area contributed by atoms with E-state index in [1.807, 2.05) is 30.3 Å². The molecule has 0 heterocycles. The molecule has 0 radical (unpaired) electrons. The Labute approximate surface area is 114 Å². The molecule has 1 aromatic carbocycles. The Morgan fingerprint density at radius 1 is 1.37 bits per heavy atom. The van der Waals surface area contributed by atoms with Gasteiger partial charge in [0.25, 0.3) is 0 Å². The van der Waals surface area contributed by atoms with Gasteiger partial charge in [-0.25, -0.2) is 0 Å². The molecule has 1 aliphatic carbocycles. The second-order valence-electron chi connectivity index (χ2n) is 4.94. The number of para-hydroxylation sites is 1. The minimum atomic E-state index is -0.155. The third-order valence-electron chi connectivity index (χ3n) is 3.61. The fourth-order valence-electron chi connectivity index (χ4n) is 2.55. The molecule has 1 aromatic rings. The zero-order chi connectivity index (χ0) is 13.5. The highest BCUT2D eigenvalue weighted by molar-refractivity contribution is 5.33. The van der Waals surface area contributed by atoms with Crippen LogP contribution in [-0.4, -0.2) is 24.4 Å². The molecule has 0 saturated heterocycles. The van der Waals surface area contributed by atoms with Crippen LogP contribution < -0.4 is 10.1 Å². The highest BCUT2D eigenvalue weighted by Crippen LogP contribution is 2.25. The van der Waals surface area contributed by atoms with E-state index in [4.69, 9.17) is 10.00 Å². The maximum atomic E-state index is 9.76. The normalized spacial score (nSPS) is 22.1. The van der Waals surface area contributed by atoms with Crippen LogP contribution in [0.4, 0.5) is 0 Å². The van der Waals surface area contributed by atoms with Gasteiger partial charge in [-0.1, -0.05) is 24.6 Å². The van der Waals surface area contributed by atoms with Gasteiger partial charge in [-0.3, -0.25) is 0 Å². The summed E-state index contributed by atoms with van der Waals surface area (Å²) in [5.41, 5.74) is 1.05. The van der Waals surface area contributed by atoms with Crippen molar-refractivity contribution in [2.45, 2.75) is 31.9 Å². The summed E-state index contributed by atoms with van der Waals surface area (Å²) in [6, 6.07) is 9.70. The van der Waals surface area contributed by atoms with Gasteiger partial charge in [0.15, 0.2) is 6.61 Å². The first-order valence-electron chi connectivity index (χ1n) is 6.77. The lowest BCUT2D eigenvalue weighted by molar-refractivity contribution is 0.131. The number of nitrogens with zero attached hydrogens (tertiary/aromatic N) is 1. The zero-order valence-electron chi connectivity index (χ0n) is 11.0. The van der Waals surface area contributed by atoms with Crippen LogP contribution in [0.1, 0.15) is 24.8 Å². The fourth-order valence-corrected chi connectivity index (χ4v) is 2.55. The van der Waals surface area contributed by atoms with Crippen LogP contribution in [0.3, 0.4) is 0 Å². The number of aliphatic hydroxyl groups is 1. The number of hydrogen-bond acceptors (Lipinski definition) is 4. The van der Waals surface area contributed by atoms with Crippen LogP contribution >= 0.6 is 0 Å². The fraction of sp³-hybridized carbons (Fsp3) is 0.533. The van der Waals surface area contributed by atoms with E-state index in [1.54, 1.807) is 0 Å². The number of ether oxygens (including phenoxy) is 1. The van der Waals surface area contributed by atoms with E-state index in [1.165, 1.54) is 0 Å². The van der Waals surface area contributed by atoms with Crippen LogP contribution in [0.5, 0.6) is 5.75 Å². The molecule has 0 bridgehead atoms. The van der Waals surface area contributed by atoms with Gasteiger partial charge >= 0.3 is 0 Å². The van der Waals surface area contributed by atoms with E-state index in [-0.39, 0.29) is 12.7 Å². The Bertz CT molecular complexity index is 442. The van der Waals surface area contributed by atoms with Crippen molar-refractivity contribution in [2.75, 3.05) is 13.2 Å². The maximum Gasteiger partial charge on any atom is 0.174 e. The molecule has 2 rings (SSSR count). The lowest BCUT2D eigenvalue weighted by Gasteiger charge is -2.16. The van der Waals surface area contributed by atoms with Crippen molar-refractivity contribution in [1.82, 2.24) is 5.32 Å². The van der Waals surface area contributed by atoms with Crippen LogP contribution in [0, 0.1) is 17.2 Å². The van der Waals surface area contributed by atoms with Gasteiger partial charge in [0, 0.05) is 18.7 Å². The average Bonchev–Trinajstić information content (AvgIpc) is 2.83. The van der Waals surface area contributed by atoms with Gasteiger partial charge in [0.05, 0.1) is 6.10 Å². The number of nitrogens with one attached hydrogen (secondary N) is 1. The number of rotatable bonds is 6. The highest BCUT2D eigenvalue weighted by atomic mass is 16.5. The molecule has 2 N–H and O–H groups in total. The topological polar surface area (TPSA) is 65.3 Å². The number of benzene rings is 1. The van der Waals surface area contributed by atoms with Crippen molar-refractivity contribution in [2.24, 2.45) is 5.92 Å². The van der Waals surface area contributed by atoms with Crippen molar-refractivity contribution in [3.05, 3.63) is 29.8 Å².